The van der Waals surface area contributed by atoms with Crippen LogP contribution in [-0.2, 0) is 4.74 Å². The van der Waals surface area contributed by atoms with Crippen molar-refractivity contribution in [3.8, 4) is 0 Å². The second kappa shape index (κ2) is 6.38. The van der Waals surface area contributed by atoms with Crippen LogP contribution in [0.4, 0.5) is 4.79 Å². The van der Waals surface area contributed by atoms with E-state index in [1.807, 2.05) is 27.8 Å². The molecule has 0 aliphatic carbocycles. The molecule has 5 nitrogen and oxygen atoms in total. The number of aliphatic hydroxyl groups is 1. The first kappa shape index (κ1) is 15.2. The topological polar surface area (TPSA) is 61.8 Å². The maximum absolute atomic E-state index is 11.7. The van der Waals surface area contributed by atoms with E-state index in [4.69, 9.17) is 9.84 Å². The van der Waals surface area contributed by atoms with E-state index in [9.17, 15) is 4.79 Å². The number of likely N-dealkylation sites (tertiary alicyclic amines) is 1. The van der Waals surface area contributed by atoms with Crippen molar-refractivity contribution in [2.75, 3.05) is 26.7 Å². The van der Waals surface area contributed by atoms with Crippen LogP contribution >= 0.6 is 0 Å². The highest BCUT2D eigenvalue weighted by Gasteiger charge is 2.27. The van der Waals surface area contributed by atoms with Crippen molar-refractivity contribution >= 4 is 6.09 Å². The van der Waals surface area contributed by atoms with Crippen LogP contribution in [0.2, 0.25) is 0 Å². The van der Waals surface area contributed by atoms with Gasteiger partial charge >= 0.3 is 6.09 Å². The molecule has 18 heavy (non-hydrogen) atoms. The molecule has 1 rings (SSSR count). The molecule has 2 N–H and O–H groups in total. The molecule has 2 unspecified atom stereocenters. The minimum Gasteiger partial charge on any atom is -0.444 e. The summed E-state index contributed by atoms with van der Waals surface area (Å²) in [5.41, 5.74) is -0.463. The fourth-order valence-corrected chi connectivity index (χ4v) is 2.41. The Hall–Kier alpha value is -0.810. The Bertz CT molecular complexity index is 276. The first-order chi connectivity index (χ1) is 8.30. The maximum atomic E-state index is 11.7. The molecule has 0 aromatic carbocycles. The number of rotatable bonds is 3. The molecule has 0 radical (unpaired) electrons. The van der Waals surface area contributed by atoms with E-state index in [-0.39, 0.29) is 18.7 Å². The van der Waals surface area contributed by atoms with Gasteiger partial charge in [-0.3, -0.25) is 0 Å². The van der Waals surface area contributed by atoms with E-state index in [0.29, 0.717) is 5.92 Å². The Labute approximate surface area is 109 Å². The van der Waals surface area contributed by atoms with Gasteiger partial charge < -0.3 is 20.1 Å². The van der Waals surface area contributed by atoms with E-state index >= 15 is 0 Å². The molecule has 0 saturated carbocycles. The molecule has 0 spiro atoms. The van der Waals surface area contributed by atoms with Crippen LogP contribution in [-0.4, -0.2) is 54.5 Å². The Kier molecular flexibility index (Phi) is 5.41. The first-order valence-electron chi connectivity index (χ1n) is 6.59. The first-order valence-corrected chi connectivity index (χ1v) is 6.59. The third-order valence-corrected chi connectivity index (χ3v) is 2.98. The number of nitrogens with one attached hydrogen (secondary N) is 1. The van der Waals surface area contributed by atoms with E-state index in [1.165, 1.54) is 0 Å². The quantitative estimate of drug-likeness (QED) is 0.799. The van der Waals surface area contributed by atoms with Gasteiger partial charge in [0.1, 0.15) is 5.60 Å². The van der Waals surface area contributed by atoms with Gasteiger partial charge in [0.05, 0.1) is 0 Å². The Balaban J connectivity index is 2.43. The average molecular weight is 258 g/mol. The Morgan fingerprint density at radius 3 is 2.67 bits per heavy atom. The van der Waals surface area contributed by atoms with Crippen molar-refractivity contribution < 1.29 is 14.6 Å². The van der Waals surface area contributed by atoms with Gasteiger partial charge in [0.15, 0.2) is 0 Å². The number of likely N-dealkylation sites (N-methyl/N-ethyl adjacent to an activating group) is 1. The number of amides is 1. The van der Waals surface area contributed by atoms with Crippen molar-refractivity contribution in [3.05, 3.63) is 0 Å². The molecule has 5 heteroatoms. The third kappa shape index (κ3) is 5.69. The normalized spacial score (nSPS) is 25.8. The van der Waals surface area contributed by atoms with Crippen molar-refractivity contribution in [1.29, 1.82) is 0 Å². The zero-order chi connectivity index (χ0) is 13.8. The lowest BCUT2D eigenvalue weighted by atomic mass is 9.92. The maximum Gasteiger partial charge on any atom is 0.407 e. The molecule has 0 aromatic rings. The molecule has 0 aromatic heterocycles. The van der Waals surface area contributed by atoms with Crippen molar-refractivity contribution in [2.24, 2.45) is 5.92 Å². The number of hydrogen-bond acceptors (Lipinski definition) is 4. The van der Waals surface area contributed by atoms with E-state index in [1.54, 1.807) is 0 Å². The standard InChI is InChI=1S/C13H26N2O3/c1-13(2,3)18-12(17)14-11-7-10(5-6-16)8-15(4)9-11/h10-11,16H,5-9H2,1-4H3,(H,14,17). The summed E-state index contributed by atoms with van der Waals surface area (Å²) in [5, 5.41) is 11.9. The number of carbonyl (C=O) groups is 1. The summed E-state index contributed by atoms with van der Waals surface area (Å²) in [6.45, 7) is 7.59. The van der Waals surface area contributed by atoms with Crippen LogP contribution in [0.1, 0.15) is 33.6 Å². The Morgan fingerprint density at radius 1 is 1.44 bits per heavy atom. The van der Waals surface area contributed by atoms with Crippen molar-refractivity contribution in [1.82, 2.24) is 10.2 Å². The predicted molar refractivity (Wildman–Crippen MR) is 70.5 cm³/mol. The highest BCUT2D eigenvalue weighted by atomic mass is 16.6. The van der Waals surface area contributed by atoms with Gasteiger partial charge in [-0.15, -0.1) is 0 Å². The van der Waals surface area contributed by atoms with E-state index in [0.717, 1.165) is 25.9 Å². The minimum absolute atomic E-state index is 0.107. The number of piperidine rings is 1. The van der Waals surface area contributed by atoms with Crippen LogP contribution in [0.5, 0.6) is 0 Å². The molecule has 1 saturated heterocycles. The second-order valence-electron chi connectivity index (χ2n) is 6.18. The summed E-state index contributed by atoms with van der Waals surface area (Å²) in [6.07, 6.45) is 1.34. The van der Waals surface area contributed by atoms with Crippen LogP contribution in [0, 0.1) is 5.92 Å². The van der Waals surface area contributed by atoms with Gasteiger partial charge in [0, 0.05) is 25.7 Å². The number of aliphatic hydroxyl groups excluding tert-OH is 1. The van der Waals surface area contributed by atoms with Crippen LogP contribution < -0.4 is 5.32 Å². The third-order valence-electron chi connectivity index (χ3n) is 2.98. The molecule has 1 fully saturated rings. The fraction of sp³-hybridized carbons (Fsp3) is 0.923. The number of carbonyl (C=O) groups excluding carboxylic acids is 1. The summed E-state index contributed by atoms with van der Waals surface area (Å²) >= 11 is 0. The lowest BCUT2D eigenvalue weighted by Crippen LogP contribution is -2.50. The second-order valence-corrected chi connectivity index (χ2v) is 6.18. The van der Waals surface area contributed by atoms with Gasteiger partial charge in [-0.2, -0.15) is 0 Å². The molecular formula is C13H26N2O3. The highest BCUT2D eigenvalue weighted by molar-refractivity contribution is 5.68. The SMILES string of the molecule is CN1CC(CCO)CC(NC(=O)OC(C)(C)C)C1. The van der Waals surface area contributed by atoms with Gasteiger partial charge in [-0.25, -0.2) is 4.79 Å². The van der Waals surface area contributed by atoms with Gasteiger partial charge in [-0.05, 0) is 46.6 Å². The van der Waals surface area contributed by atoms with E-state index in [2.05, 4.69) is 10.2 Å². The van der Waals surface area contributed by atoms with Gasteiger partial charge in [0.25, 0.3) is 0 Å². The molecule has 1 heterocycles. The molecule has 1 amide bonds. The molecule has 1 aliphatic rings. The van der Waals surface area contributed by atoms with Crippen molar-refractivity contribution in [2.45, 2.75) is 45.3 Å². The average Bonchev–Trinajstić information content (AvgIpc) is 2.12. The highest BCUT2D eigenvalue weighted by Crippen LogP contribution is 2.19. The predicted octanol–water partition coefficient (Wildman–Crippen LogP) is 1.21. The van der Waals surface area contributed by atoms with Crippen molar-refractivity contribution in [3.63, 3.8) is 0 Å². The summed E-state index contributed by atoms with van der Waals surface area (Å²) < 4.78 is 5.25. The molecule has 2 atom stereocenters. The van der Waals surface area contributed by atoms with Crippen LogP contribution in [0.25, 0.3) is 0 Å². The lowest BCUT2D eigenvalue weighted by Gasteiger charge is -2.36. The number of hydrogen-bond donors (Lipinski definition) is 2. The lowest BCUT2D eigenvalue weighted by molar-refractivity contribution is 0.0454. The van der Waals surface area contributed by atoms with Gasteiger partial charge in [0.2, 0.25) is 0 Å². The minimum atomic E-state index is -0.463. The summed E-state index contributed by atoms with van der Waals surface area (Å²) in [7, 11) is 2.04. The Morgan fingerprint density at radius 2 is 2.11 bits per heavy atom. The summed E-state index contributed by atoms with van der Waals surface area (Å²) in [5.74, 6) is 0.439. The monoisotopic (exact) mass is 258 g/mol. The van der Waals surface area contributed by atoms with E-state index < -0.39 is 5.60 Å². The summed E-state index contributed by atoms with van der Waals surface area (Å²) in [4.78, 5) is 13.9. The largest absolute Gasteiger partial charge is 0.444 e. The summed E-state index contributed by atoms with van der Waals surface area (Å²) in [6, 6.07) is 0.107. The number of alkyl carbamates (subject to hydrolysis) is 1. The van der Waals surface area contributed by atoms with Crippen LogP contribution in [0.15, 0.2) is 0 Å². The molecular weight excluding hydrogens is 232 g/mol. The zero-order valence-electron chi connectivity index (χ0n) is 11.9. The smallest absolute Gasteiger partial charge is 0.407 e. The number of ether oxygens (including phenoxy) is 1. The number of nitrogens with zero attached hydrogens (tertiary/aromatic N) is 1. The molecule has 0 bridgehead atoms. The zero-order valence-corrected chi connectivity index (χ0v) is 11.9. The molecule has 106 valence electrons. The van der Waals surface area contributed by atoms with Crippen LogP contribution in [0.3, 0.4) is 0 Å². The van der Waals surface area contributed by atoms with Gasteiger partial charge in [-0.1, -0.05) is 0 Å². The molecule has 1 aliphatic heterocycles. The fourth-order valence-electron chi connectivity index (χ4n) is 2.41.